The zero-order chi connectivity index (χ0) is 27.5. The number of hydrogen-bond acceptors (Lipinski definition) is 9. The molecule has 0 fully saturated rings. The molecule has 0 aliphatic rings. The van der Waals surface area contributed by atoms with Gasteiger partial charge in [0.15, 0.2) is 0 Å². The third-order valence-corrected chi connectivity index (χ3v) is 6.30. The first-order valence-corrected chi connectivity index (χ1v) is 12.6. The van der Waals surface area contributed by atoms with Crippen molar-refractivity contribution in [1.29, 1.82) is 0 Å². The van der Waals surface area contributed by atoms with Crippen LogP contribution in [0, 0.1) is 10.1 Å². The highest BCUT2D eigenvalue weighted by molar-refractivity contribution is 7.91. The first kappa shape index (κ1) is 27.5. The van der Waals surface area contributed by atoms with Gasteiger partial charge in [-0.3, -0.25) is 19.6 Å². The van der Waals surface area contributed by atoms with Crippen molar-refractivity contribution in [3.63, 3.8) is 0 Å². The Labute approximate surface area is 213 Å². The van der Waals surface area contributed by atoms with Gasteiger partial charge in [0.05, 0.1) is 36.8 Å². The molecular formula is C24H27N3O9S. The van der Waals surface area contributed by atoms with Crippen molar-refractivity contribution >= 4 is 44.4 Å². The van der Waals surface area contributed by atoms with E-state index in [4.69, 9.17) is 9.47 Å². The molecule has 0 aliphatic carbocycles. The molecule has 12 nitrogen and oxygen atoms in total. The maximum Gasteiger partial charge on any atom is 0.419 e. The van der Waals surface area contributed by atoms with E-state index in [0.29, 0.717) is 10.9 Å². The van der Waals surface area contributed by atoms with Gasteiger partial charge in [-0.2, -0.15) is 0 Å². The molecule has 1 heterocycles. The standard InChI is InChI=1S/C24H27N3O9S/c1-24(2,3)36-23(29)26-18(13-16-12-17(27(30)31)7-9-20(16)26)14-37(32,33)25-19-8-6-15(10-21(19)34-4)11-22(28)35-5/h6-10,12-13,25H,11,14H2,1-5H3. The Bertz CT molecular complexity index is 1470. The quantitative estimate of drug-likeness (QED) is 0.257. The van der Waals surface area contributed by atoms with Gasteiger partial charge in [-0.25, -0.2) is 17.8 Å². The topological polar surface area (TPSA) is 156 Å². The highest BCUT2D eigenvalue weighted by Gasteiger charge is 2.26. The minimum Gasteiger partial charge on any atom is -0.495 e. The summed E-state index contributed by atoms with van der Waals surface area (Å²) in [5, 5.41) is 11.5. The lowest BCUT2D eigenvalue weighted by atomic mass is 10.1. The summed E-state index contributed by atoms with van der Waals surface area (Å²) in [6.07, 6.45) is -0.853. The number of nitrogens with zero attached hydrogens (tertiary/aromatic N) is 2. The number of nitro groups is 1. The third-order valence-electron chi connectivity index (χ3n) is 5.09. The van der Waals surface area contributed by atoms with Gasteiger partial charge in [-0.05, 0) is 50.6 Å². The van der Waals surface area contributed by atoms with E-state index < -0.39 is 38.4 Å². The molecule has 0 aliphatic heterocycles. The van der Waals surface area contributed by atoms with Crippen molar-refractivity contribution in [3.05, 3.63) is 63.8 Å². The van der Waals surface area contributed by atoms with Crippen LogP contribution in [0.25, 0.3) is 10.9 Å². The number of carbonyl (C=O) groups excluding carboxylic acids is 2. The van der Waals surface area contributed by atoms with E-state index >= 15 is 0 Å². The van der Waals surface area contributed by atoms with Gasteiger partial charge in [0.2, 0.25) is 10.0 Å². The molecule has 0 spiro atoms. The Morgan fingerprint density at radius 1 is 1.08 bits per heavy atom. The Kier molecular flexibility index (Phi) is 7.77. The summed E-state index contributed by atoms with van der Waals surface area (Å²) in [5.41, 5.74) is -0.112. The van der Waals surface area contributed by atoms with Crippen molar-refractivity contribution in [1.82, 2.24) is 4.57 Å². The van der Waals surface area contributed by atoms with Gasteiger partial charge in [0.1, 0.15) is 17.1 Å². The molecule has 0 bridgehead atoms. The van der Waals surface area contributed by atoms with Crippen molar-refractivity contribution in [3.8, 4) is 5.75 Å². The highest BCUT2D eigenvalue weighted by atomic mass is 32.2. The molecule has 13 heteroatoms. The van der Waals surface area contributed by atoms with E-state index in [1.54, 1.807) is 26.8 Å². The number of hydrogen-bond donors (Lipinski definition) is 1. The van der Waals surface area contributed by atoms with E-state index in [1.165, 1.54) is 50.6 Å². The number of esters is 1. The van der Waals surface area contributed by atoms with E-state index in [1.807, 2.05) is 0 Å². The number of fused-ring (bicyclic) bond motifs is 1. The predicted octanol–water partition coefficient (Wildman–Crippen LogP) is 4.00. The average Bonchev–Trinajstić information content (AvgIpc) is 3.14. The third kappa shape index (κ3) is 6.76. The van der Waals surface area contributed by atoms with E-state index in [9.17, 15) is 28.1 Å². The normalized spacial score (nSPS) is 11.7. The van der Waals surface area contributed by atoms with Crippen molar-refractivity contribution in [2.24, 2.45) is 0 Å². The largest absolute Gasteiger partial charge is 0.495 e. The Balaban J connectivity index is 1.99. The van der Waals surface area contributed by atoms with Gasteiger partial charge >= 0.3 is 12.1 Å². The molecule has 1 N–H and O–H groups in total. The SMILES string of the molecule is COC(=O)Cc1ccc(NS(=O)(=O)Cc2cc3cc([N+](=O)[O-])ccc3n2C(=O)OC(C)(C)C)c(OC)c1. The zero-order valence-electron chi connectivity index (χ0n) is 20.9. The molecule has 0 saturated carbocycles. The summed E-state index contributed by atoms with van der Waals surface area (Å²) >= 11 is 0. The second kappa shape index (κ2) is 10.5. The van der Waals surface area contributed by atoms with Gasteiger partial charge < -0.3 is 14.2 Å². The lowest BCUT2D eigenvalue weighted by Gasteiger charge is -2.21. The number of benzene rings is 2. The van der Waals surface area contributed by atoms with Crippen molar-refractivity contribution in [2.75, 3.05) is 18.9 Å². The lowest BCUT2D eigenvalue weighted by Crippen LogP contribution is -2.28. The van der Waals surface area contributed by atoms with Crippen LogP contribution in [-0.4, -0.2) is 49.8 Å². The smallest absolute Gasteiger partial charge is 0.419 e. The first-order chi connectivity index (χ1) is 17.2. The maximum absolute atomic E-state index is 13.1. The second-order valence-electron chi connectivity index (χ2n) is 9.10. The van der Waals surface area contributed by atoms with Crippen LogP contribution in [0.15, 0.2) is 42.5 Å². The van der Waals surface area contributed by atoms with E-state index in [-0.39, 0.29) is 34.8 Å². The zero-order valence-corrected chi connectivity index (χ0v) is 21.7. The second-order valence-corrected chi connectivity index (χ2v) is 10.8. The number of methoxy groups -OCH3 is 2. The number of rotatable bonds is 8. The molecule has 3 aromatic rings. The first-order valence-electron chi connectivity index (χ1n) is 11.0. The maximum atomic E-state index is 13.1. The number of carbonyl (C=O) groups is 2. The van der Waals surface area contributed by atoms with Crippen LogP contribution in [0.2, 0.25) is 0 Å². The van der Waals surface area contributed by atoms with Crippen LogP contribution in [0.4, 0.5) is 16.2 Å². The van der Waals surface area contributed by atoms with Crippen molar-refractivity contribution < 1.29 is 37.1 Å². The Morgan fingerprint density at radius 3 is 2.38 bits per heavy atom. The Morgan fingerprint density at radius 2 is 1.78 bits per heavy atom. The molecule has 2 aromatic carbocycles. The Hall–Kier alpha value is -4.13. The molecule has 0 radical (unpaired) electrons. The summed E-state index contributed by atoms with van der Waals surface area (Å²) in [7, 11) is -1.51. The number of non-ortho nitro benzene ring substituents is 1. The number of nitrogens with one attached hydrogen (secondary N) is 1. The van der Waals surface area contributed by atoms with E-state index in [0.717, 1.165) is 4.57 Å². The van der Waals surface area contributed by atoms with Crippen LogP contribution < -0.4 is 9.46 Å². The van der Waals surface area contributed by atoms with Crippen molar-refractivity contribution in [2.45, 2.75) is 38.5 Å². The fourth-order valence-corrected chi connectivity index (χ4v) is 4.75. The van der Waals surface area contributed by atoms with Crippen LogP contribution in [0.1, 0.15) is 32.0 Å². The van der Waals surface area contributed by atoms with E-state index in [2.05, 4.69) is 9.46 Å². The molecule has 1 aromatic heterocycles. The number of anilines is 1. The molecule has 0 amide bonds. The fourth-order valence-electron chi connectivity index (χ4n) is 3.57. The summed E-state index contributed by atoms with van der Waals surface area (Å²) in [5.74, 6) is -0.944. The summed E-state index contributed by atoms with van der Waals surface area (Å²) < 4.78 is 45.2. The number of nitro benzene ring substituents is 1. The van der Waals surface area contributed by atoms with Crippen LogP contribution in [0.5, 0.6) is 5.75 Å². The summed E-state index contributed by atoms with van der Waals surface area (Å²) in [6.45, 7) is 4.99. The number of aromatic nitrogens is 1. The summed E-state index contributed by atoms with van der Waals surface area (Å²) in [6, 6.07) is 9.73. The summed E-state index contributed by atoms with van der Waals surface area (Å²) in [4.78, 5) is 35.2. The van der Waals surface area contributed by atoms with Crippen LogP contribution >= 0.6 is 0 Å². The molecule has 37 heavy (non-hydrogen) atoms. The van der Waals surface area contributed by atoms with Gasteiger partial charge in [0.25, 0.3) is 5.69 Å². The molecule has 3 rings (SSSR count). The minimum atomic E-state index is -4.12. The monoisotopic (exact) mass is 533 g/mol. The molecule has 198 valence electrons. The lowest BCUT2D eigenvalue weighted by molar-refractivity contribution is -0.384. The minimum absolute atomic E-state index is 0.0258. The highest BCUT2D eigenvalue weighted by Crippen LogP contribution is 2.30. The fraction of sp³-hybridized carbons (Fsp3) is 0.333. The molecular weight excluding hydrogens is 506 g/mol. The molecule has 0 atom stereocenters. The average molecular weight is 534 g/mol. The van der Waals surface area contributed by atoms with Gasteiger partial charge in [0, 0.05) is 23.2 Å². The molecule has 0 saturated heterocycles. The number of sulfonamides is 1. The predicted molar refractivity (Wildman–Crippen MR) is 135 cm³/mol. The van der Waals surface area contributed by atoms with Crippen LogP contribution in [-0.2, 0) is 36.5 Å². The number of ether oxygens (including phenoxy) is 3. The van der Waals surface area contributed by atoms with Crippen LogP contribution in [0.3, 0.4) is 0 Å². The van der Waals surface area contributed by atoms with Gasteiger partial charge in [-0.1, -0.05) is 6.07 Å². The molecule has 0 unspecified atom stereocenters. The van der Waals surface area contributed by atoms with Gasteiger partial charge in [-0.15, -0.1) is 0 Å².